The molecule has 0 radical (unpaired) electrons. The zero-order valence-corrected chi connectivity index (χ0v) is 13.4. The summed E-state index contributed by atoms with van der Waals surface area (Å²) in [6.45, 7) is 0. The minimum absolute atomic E-state index is 0.193. The number of anilines is 2. The van der Waals surface area contributed by atoms with E-state index < -0.39 is 11.9 Å². The van der Waals surface area contributed by atoms with Gasteiger partial charge in [0.05, 0.1) is 15.6 Å². The molecule has 0 spiro atoms. The SMILES string of the molecule is O=C([O-])CCC(=O)Nc1ccc(Cl)c(NC(=O)c2cccs2)c1. The lowest BCUT2D eigenvalue weighted by atomic mass is 10.2. The number of nitrogens with one attached hydrogen (secondary N) is 2. The van der Waals surface area contributed by atoms with E-state index in [1.165, 1.54) is 23.5 Å². The molecule has 6 nitrogen and oxygen atoms in total. The summed E-state index contributed by atoms with van der Waals surface area (Å²) in [5, 5.41) is 17.6. The number of thiophene rings is 1. The number of carbonyl (C=O) groups excluding carboxylic acids is 3. The molecule has 1 heterocycles. The summed E-state index contributed by atoms with van der Waals surface area (Å²) in [6, 6.07) is 8.03. The van der Waals surface area contributed by atoms with Gasteiger partial charge in [-0.1, -0.05) is 17.7 Å². The highest BCUT2D eigenvalue weighted by atomic mass is 35.5. The number of rotatable bonds is 6. The molecule has 120 valence electrons. The summed E-state index contributed by atoms with van der Waals surface area (Å²) >= 11 is 7.32. The fourth-order valence-corrected chi connectivity index (χ4v) is 2.51. The maximum absolute atomic E-state index is 12.0. The van der Waals surface area contributed by atoms with Gasteiger partial charge in [0, 0.05) is 18.1 Å². The zero-order chi connectivity index (χ0) is 16.8. The molecule has 0 bridgehead atoms. The number of amides is 2. The van der Waals surface area contributed by atoms with E-state index in [4.69, 9.17) is 11.6 Å². The van der Waals surface area contributed by atoms with Gasteiger partial charge in [0.25, 0.3) is 5.91 Å². The Hall–Kier alpha value is -2.38. The van der Waals surface area contributed by atoms with E-state index >= 15 is 0 Å². The second-order valence-electron chi connectivity index (χ2n) is 4.55. The monoisotopic (exact) mass is 351 g/mol. The molecule has 0 fully saturated rings. The van der Waals surface area contributed by atoms with Gasteiger partial charge in [0.2, 0.25) is 5.91 Å². The zero-order valence-electron chi connectivity index (χ0n) is 11.8. The van der Waals surface area contributed by atoms with Crippen molar-refractivity contribution in [3.05, 3.63) is 45.6 Å². The maximum atomic E-state index is 12.0. The van der Waals surface area contributed by atoms with Crippen molar-refractivity contribution < 1.29 is 19.5 Å². The van der Waals surface area contributed by atoms with Crippen molar-refractivity contribution in [2.45, 2.75) is 12.8 Å². The summed E-state index contributed by atoms with van der Waals surface area (Å²) in [5.41, 5.74) is 0.752. The van der Waals surface area contributed by atoms with Crippen molar-refractivity contribution in [3.63, 3.8) is 0 Å². The highest BCUT2D eigenvalue weighted by Gasteiger charge is 2.11. The molecular weight excluding hydrogens is 340 g/mol. The van der Waals surface area contributed by atoms with Crippen molar-refractivity contribution in [2.75, 3.05) is 10.6 Å². The van der Waals surface area contributed by atoms with Gasteiger partial charge < -0.3 is 20.5 Å². The van der Waals surface area contributed by atoms with Crippen LogP contribution in [0.25, 0.3) is 0 Å². The molecule has 8 heteroatoms. The van der Waals surface area contributed by atoms with Gasteiger partial charge in [-0.2, -0.15) is 0 Å². The Bertz CT molecular complexity index is 731. The first-order chi connectivity index (χ1) is 11.0. The summed E-state index contributed by atoms with van der Waals surface area (Å²) < 4.78 is 0. The molecule has 0 unspecified atom stereocenters. The summed E-state index contributed by atoms with van der Waals surface area (Å²) in [6.07, 6.45) is -0.552. The number of carbonyl (C=O) groups is 3. The van der Waals surface area contributed by atoms with Crippen LogP contribution in [0.15, 0.2) is 35.7 Å². The molecule has 1 aromatic carbocycles. The largest absolute Gasteiger partial charge is 0.550 e. The van der Waals surface area contributed by atoms with Crippen molar-refractivity contribution in [3.8, 4) is 0 Å². The van der Waals surface area contributed by atoms with Crippen molar-refractivity contribution in [2.24, 2.45) is 0 Å². The topological polar surface area (TPSA) is 98.3 Å². The first-order valence-electron chi connectivity index (χ1n) is 6.60. The molecule has 0 atom stereocenters. The van der Waals surface area contributed by atoms with Gasteiger partial charge >= 0.3 is 0 Å². The van der Waals surface area contributed by atoms with Crippen molar-refractivity contribution >= 4 is 52.1 Å². The van der Waals surface area contributed by atoms with Crippen LogP contribution in [0.4, 0.5) is 11.4 Å². The number of carboxylic acid groups (broad SMARTS) is 1. The Labute approximate surface area is 141 Å². The number of aliphatic carboxylic acids is 1. The van der Waals surface area contributed by atoms with Crippen LogP contribution in [0, 0.1) is 0 Å². The molecule has 0 saturated carbocycles. The van der Waals surface area contributed by atoms with E-state index in [1.54, 1.807) is 23.6 Å². The number of carboxylic acids is 1. The van der Waals surface area contributed by atoms with Crippen LogP contribution in [0.3, 0.4) is 0 Å². The third-order valence-electron chi connectivity index (χ3n) is 2.80. The molecule has 0 aliphatic heterocycles. The smallest absolute Gasteiger partial charge is 0.265 e. The van der Waals surface area contributed by atoms with Gasteiger partial charge in [0.15, 0.2) is 0 Å². The fourth-order valence-electron chi connectivity index (χ4n) is 1.73. The Morgan fingerprint density at radius 1 is 1.13 bits per heavy atom. The highest BCUT2D eigenvalue weighted by molar-refractivity contribution is 7.12. The average molecular weight is 352 g/mol. The minimum atomic E-state index is -1.29. The molecule has 0 saturated heterocycles. The molecule has 23 heavy (non-hydrogen) atoms. The Morgan fingerprint density at radius 3 is 2.57 bits per heavy atom. The van der Waals surface area contributed by atoms with Crippen LogP contribution in [-0.4, -0.2) is 17.8 Å². The van der Waals surface area contributed by atoms with Crippen LogP contribution < -0.4 is 15.7 Å². The fraction of sp³-hybridized carbons (Fsp3) is 0.133. The van der Waals surface area contributed by atoms with Gasteiger partial charge in [-0.25, -0.2) is 0 Å². The third kappa shape index (κ3) is 5.08. The number of benzene rings is 1. The van der Waals surface area contributed by atoms with Gasteiger partial charge in [0.1, 0.15) is 0 Å². The lowest BCUT2D eigenvalue weighted by molar-refractivity contribution is -0.305. The molecule has 2 N–H and O–H groups in total. The lowest BCUT2D eigenvalue weighted by Crippen LogP contribution is -2.24. The number of hydrogen-bond donors (Lipinski definition) is 2. The second-order valence-corrected chi connectivity index (χ2v) is 5.90. The standard InChI is InChI=1S/C15H13ClN2O4S/c16-10-4-3-9(17-13(19)5-6-14(20)21)8-11(10)18-15(22)12-2-1-7-23-12/h1-4,7-8H,5-6H2,(H,17,19)(H,18,22)(H,20,21)/p-1. The van der Waals surface area contributed by atoms with Gasteiger partial charge in [-0.3, -0.25) is 9.59 Å². The first-order valence-corrected chi connectivity index (χ1v) is 7.85. The molecule has 2 amide bonds. The van der Waals surface area contributed by atoms with Crippen LogP contribution in [-0.2, 0) is 9.59 Å². The summed E-state index contributed by atoms with van der Waals surface area (Å²) in [4.78, 5) is 34.5. The minimum Gasteiger partial charge on any atom is -0.550 e. The quantitative estimate of drug-likeness (QED) is 0.832. The third-order valence-corrected chi connectivity index (χ3v) is 4.00. The van der Waals surface area contributed by atoms with E-state index in [0.717, 1.165) is 0 Å². The highest BCUT2D eigenvalue weighted by Crippen LogP contribution is 2.26. The van der Waals surface area contributed by atoms with Gasteiger partial charge in [-0.15, -0.1) is 11.3 Å². The summed E-state index contributed by atoms with van der Waals surface area (Å²) in [5.74, 6) is -2.06. The van der Waals surface area contributed by atoms with Gasteiger partial charge in [-0.05, 0) is 36.1 Å². The van der Waals surface area contributed by atoms with Crippen LogP contribution in [0.5, 0.6) is 0 Å². The van der Waals surface area contributed by atoms with Crippen molar-refractivity contribution in [1.29, 1.82) is 0 Å². The predicted molar refractivity (Wildman–Crippen MR) is 86.6 cm³/mol. The average Bonchev–Trinajstić information content (AvgIpc) is 3.03. The first kappa shape index (κ1) is 17.0. The van der Waals surface area contributed by atoms with E-state index in [0.29, 0.717) is 21.3 Å². The lowest BCUT2D eigenvalue weighted by Gasteiger charge is -2.10. The summed E-state index contributed by atoms with van der Waals surface area (Å²) in [7, 11) is 0. The Morgan fingerprint density at radius 2 is 1.91 bits per heavy atom. The van der Waals surface area contributed by atoms with Crippen LogP contribution in [0.1, 0.15) is 22.5 Å². The molecule has 2 rings (SSSR count). The van der Waals surface area contributed by atoms with Crippen LogP contribution in [0.2, 0.25) is 5.02 Å². The Balaban J connectivity index is 2.05. The Kier molecular flexibility index (Phi) is 5.72. The number of halogens is 1. The molecule has 2 aromatic rings. The van der Waals surface area contributed by atoms with Crippen LogP contribution >= 0.6 is 22.9 Å². The maximum Gasteiger partial charge on any atom is 0.265 e. The predicted octanol–water partition coefficient (Wildman–Crippen LogP) is 2.12. The molecule has 0 aliphatic carbocycles. The molecular formula is C15H12ClN2O4S-. The number of hydrogen-bond acceptors (Lipinski definition) is 5. The normalized spacial score (nSPS) is 10.1. The van der Waals surface area contributed by atoms with E-state index in [2.05, 4.69) is 10.6 Å². The molecule has 0 aliphatic rings. The van der Waals surface area contributed by atoms with Crippen molar-refractivity contribution in [1.82, 2.24) is 0 Å². The molecule has 1 aromatic heterocycles. The van der Waals surface area contributed by atoms with E-state index in [9.17, 15) is 19.5 Å². The van der Waals surface area contributed by atoms with E-state index in [1.807, 2.05) is 0 Å². The van der Waals surface area contributed by atoms with E-state index in [-0.39, 0.29) is 18.7 Å². The second kappa shape index (κ2) is 7.75.